The minimum absolute atomic E-state index is 0.212. The Morgan fingerprint density at radius 1 is 1.27 bits per heavy atom. The molecule has 1 saturated heterocycles. The molecule has 134 valence electrons. The quantitative estimate of drug-likeness (QED) is 0.725. The number of nitrogens with zero attached hydrogens (tertiary/aromatic N) is 2. The maximum Gasteiger partial charge on any atom is 0.256 e. The van der Waals surface area contributed by atoms with Crippen LogP contribution in [0.2, 0.25) is 5.02 Å². The number of carbonyl (C=O) groups excluding carboxylic acids is 1. The molecule has 26 heavy (non-hydrogen) atoms. The lowest BCUT2D eigenvalue weighted by Crippen LogP contribution is -2.29. The van der Waals surface area contributed by atoms with Crippen molar-refractivity contribution < 1.29 is 4.79 Å². The van der Waals surface area contributed by atoms with Crippen LogP contribution in [-0.4, -0.2) is 40.9 Å². The minimum Gasteiger partial charge on any atom is -0.360 e. The van der Waals surface area contributed by atoms with Gasteiger partial charge in [-0.05, 0) is 74.8 Å². The number of fused-ring (bicyclic) bond motifs is 1. The average Bonchev–Trinajstić information content (AvgIpc) is 3.05. The standard InChI is InChI=1S/C20H21ClN4O/c1-25-9-7-13(8-10-25)16-12-22-17-5-6-18(23-19(16)17)24-20(26)14-3-2-4-15(21)11-14/h2-6,11-13,22H,7-10H2,1H3,(H,23,24,26). The number of likely N-dealkylation sites (tertiary alicyclic amines) is 1. The predicted molar refractivity (Wildman–Crippen MR) is 105 cm³/mol. The van der Waals surface area contributed by atoms with Gasteiger partial charge in [-0.1, -0.05) is 17.7 Å². The Morgan fingerprint density at radius 2 is 2.08 bits per heavy atom. The molecule has 1 aliphatic heterocycles. The van der Waals surface area contributed by atoms with E-state index in [-0.39, 0.29) is 5.91 Å². The van der Waals surface area contributed by atoms with Crippen molar-refractivity contribution in [2.75, 3.05) is 25.5 Å². The van der Waals surface area contributed by atoms with Gasteiger partial charge in [0.05, 0.1) is 11.0 Å². The molecule has 1 fully saturated rings. The number of nitrogens with one attached hydrogen (secondary N) is 2. The van der Waals surface area contributed by atoms with Crippen LogP contribution < -0.4 is 5.32 Å². The van der Waals surface area contributed by atoms with Gasteiger partial charge in [0.1, 0.15) is 5.82 Å². The summed E-state index contributed by atoms with van der Waals surface area (Å²) in [6, 6.07) is 10.7. The number of anilines is 1. The summed E-state index contributed by atoms with van der Waals surface area (Å²) >= 11 is 5.97. The molecule has 0 atom stereocenters. The second-order valence-electron chi connectivity index (χ2n) is 6.88. The van der Waals surface area contributed by atoms with E-state index in [9.17, 15) is 4.79 Å². The van der Waals surface area contributed by atoms with Crippen LogP contribution in [-0.2, 0) is 0 Å². The number of hydrogen-bond donors (Lipinski definition) is 2. The summed E-state index contributed by atoms with van der Waals surface area (Å²) in [7, 11) is 2.16. The molecule has 1 aromatic carbocycles. The summed E-state index contributed by atoms with van der Waals surface area (Å²) < 4.78 is 0. The maximum absolute atomic E-state index is 12.4. The SMILES string of the molecule is CN1CCC(c2c[nH]c3ccc(NC(=O)c4cccc(Cl)c4)nc23)CC1. The van der Waals surface area contributed by atoms with Gasteiger partial charge < -0.3 is 15.2 Å². The van der Waals surface area contributed by atoms with Crippen LogP contribution in [0.5, 0.6) is 0 Å². The molecule has 0 unspecified atom stereocenters. The fourth-order valence-corrected chi connectivity index (χ4v) is 3.73. The first-order valence-electron chi connectivity index (χ1n) is 8.83. The van der Waals surface area contributed by atoms with Crippen molar-refractivity contribution in [1.82, 2.24) is 14.9 Å². The fourth-order valence-electron chi connectivity index (χ4n) is 3.54. The molecule has 0 saturated carbocycles. The van der Waals surface area contributed by atoms with Crippen LogP contribution in [0.25, 0.3) is 11.0 Å². The Hall–Kier alpha value is -2.37. The smallest absolute Gasteiger partial charge is 0.256 e. The zero-order valence-electron chi connectivity index (χ0n) is 14.6. The summed E-state index contributed by atoms with van der Waals surface area (Å²) in [4.78, 5) is 22.8. The Labute approximate surface area is 157 Å². The number of carbonyl (C=O) groups is 1. The van der Waals surface area contributed by atoms with Crippen molar-refractivity contribution in [3.8, 4) is 0 Å². The summed E-state index contributed by atoms with van der Waals surface area (Å²) in [5, 5.41) is 3.41. The molecule has 5 nitrogen and oxygen atoms in total. The van der Waals surface area contributed by atoms with E-state index in [1.165, 1.54) is 5.56 Å². The van der Waals surface area contributed by atoms with Gasteiger partial charge in [-0.3, -0.25) is 4.79 Å². The van der Waals surface area contributed by atoms with Crippen LogP contribution >= 0.6 is 11.6 Å². The van der Waals surface area contributed by atoms with Crippen LogP contribution in [0.15, 0.2) is 42.6 Å². The van der Waals surface area contributed by atoms with E-state index in [0.29, 0.717) is 22.3 Å². The van der Waals surface area contributed by atoms with Crippen LogP contribution in [0.1, 0.15) is 34.7 Å². The van der Waals surface area contributed by atoms with Gasteiger partial charge in [0.15, 0.2) is 0 Å². The van der Waals surface area contributed by atoms with Crippen molar-refractivity contribution in [3.63, 3.8) is 0 Å². The van der Waals surface area contributed by atoms with Crippen molar-refractivity contribution in [2.45, 2.75) is 18.8 Å². The van der Waals surface area contributed by atoms with E-state index in [1.54, 1.807) is 24.3 Å². The Kier molecular flexibility index (Phi) is 4.66. The van der Waals surface area contributed by atoms with E-state index >= 15 is 0 Å². The molecule has 0 aliphatic carbocycles. The summed E-state index contributed by atoms with van der Waals surface area (Å²) in [6.45, 7) is 2.20. The molecule has 3 heterocycles. The highest BCUT2D eigenvalue weighted by Gasteiger charge is 2.22. The van der Waals surface area contributed by atoms with Crippen molar-refractivity contribution in [1.29, 1.82) is 0 Å². The second kappa shape index (κ2) is 7.09. The molecule has 4 rings (SSSR count). The van der Waals surface area contributed by atoms with Gasteiger partial charge in [-0.15, -0.1) is 0 Å². The van der Waals surface area contributed by atoms with E-state index in [4.69, 9.17) is 16.6 Å². The lowest BCUT2D eigenvalue weighted by Gasteiger charge is -2.28. The Balaban J connectivity index is 1.59. The third-order valence-corrected chi connectivity index (χ3v) is 5.27. The lowest BCUT2D eigenvalue weighted by atomic mass is 9.91. The number of amides is 1. The first-order valence-corrected chi connectivity index (χ1v) is 9.21. The molecule has 2 aromatic heterocycles. The van der Waals surface area contributed by atoms with Crippen LogP contribution in [0.4, 0.5) is 5.82 Å². The largest absolute Gasteiger partial charge is 0.360 e. The van der Waals surface area contributed by atoms with Crippen molar-refractivity contribution in [2.24, 2.45) is 0 Å². The zero-order chi connectivity index (χ0) is 18.1. The number of piperidine rings is 1. The first-order chi connectivity index (χ1) is 12.6. The van der Waals surface area contributed by atoms with Gasteiger partial charge in [-0.2, -0.15) is 0 Å². The summed E-state index contributed by atoms with van der Waals surface area (Å²) in [6.07, 6.45) is 4.32. The second-order valence-corrected chi connectivity index (χ2v) is 7.32. The highest BCUT2D eigenvalue weighted by molar-refractivity contribution is 6.31. The van der Waals surface area contributed by atoms with E-state index in [1.807, 2.05) is 12.1 Å². The normalized spacial score (nSPS) is 16.1. The van der Waals surface area contributed by atoms with Gasteiger partial charge in [0, 0.05) is 16.8 Å². The molecule has 0 bridgehead atoms. The lowest BCUT2D eigenvalue weighted by molar-refractivity contribution is 0.102. The number of halogens is 1. The minimum atomic E-state index is -0.212. The van der Waals surface area contributed by atoms with Crippen molar-refractivity contribution >= 4 is 34.4 Å². The number of pyridine rings is 1. The Bertz CT molecular complexity index is 944. The molecule has 2 N–H and O–H groups in total. The third-order valence-electron chi connectivity index (χ3n) is 5.04. The molecule has 1 amide bonds. The molecular weight excluding hydrogens is 348 g/mol. The number of aromatic amines is 1. The summed E-state index contributed by atoms with van der Waals surface area (Å²) in [5.41, 5.74) is 3.71. The van der Waals surface area contributed by atoms with Gasteiger partial charge in [0.2, 0.25) is 0 Å². The highest BCUT2D eigenvalue weighted by Crippen LogP contribution is 2.32. The maximum atomic E-state index is 12.4. The fraction of sp³-hybridized carbons (Fsp3) is 0.300. The molecule has 0 radical (unpaired) electrons. The van der Waals surface area contributed by atoms with E-state index in [2.05, 4.69) is 28.4 Å². The monoisotopic (exact) mass is 368 g/mol. The average molecular weight is 369 g/mol. The summed E-state index contributed by atoms with van der Waals surface area (Å²) in [5.74, 6) is 0.846. The van der Waals surface area contributed by atoms with E-state index < -0.39 is 0 Å². The number of hydrogen-bond acceptors (Lipinski definition) is 3. The van der Waals surface area contributed by atoms with Gasteiger partial charge in [-0.25, -0.2) is 4.98 Å². The predicted octanol–water partition coefficient (Wildman–Crippen LogP) is 4.28. The van der Waals surface area contributed by atoms with Crippen molar-refractivity contribution in [3.05, 3.63) is 58.7 Å². The molecule has 0 spiro atoms. The number of aromatic nitrogens is 2. The highest BCUT2D eigenvalue weighted by atomic mass is 35.5. The molecular formula is C20H21ClN4O. The topological polar surface area (TPSA) is 61.0 Å². The van der Waals surface area contributed by atoms with Crippen LogP contribution in [0, 0.1) is 0 Å². The number of rotatable bonds is 3. The zero-order valence-corrected chi connectivity index (χ0v) is 15.4. The number of H-pyrrole nitrogens is 1. The van der Waals surface area contributed by atoms with Gasteiger partial charge in [0.25, 0.3) is 5.91 Å². The molecule has 1 aliphatic rings. The number of benzene rings is 1. The molecule has 3 aromatic rings. The molecule has 6 heteroatoms. The first kappa shape index (κ1) is 17.1. The van der Waals surface area contributed by atoms with Gasteiger partial charge >= 0.3 is 0 Å². The Morgan fingerprint density at radius 3 is 2.85 bits per heavy atom. The van der Waals surface area contributed by atoms with E-state index in [0.717, 1.165) is 37.0 Å². The van der Waals surface area contributed by atoms with Crippen LogP contribution in [0.3, 0.4) is 0 Å². The third kappa shape index (κ3) is 3.45.